The van der Waals surface area contributed by atoms with E-state index >= 15 is 0 Å². The van der Waals surface area contributed by atoms with Crippen molar-refractivity contribution in [2.45, 2.75) is 37.2 Å². The summed E-state index contributed by atoms with van der Waals surface area (Å²) < 4.78 is 22.8. The van der Waals surface area contributed by atoms with Crippen LogP contribution in [0.1, 0.15) is 31.9 Å². The molecule has 0 aliphatic heterocycles. The van der Waals surface area contributed by atoms with E-state index < -0.39 is 9.84 Å². The van der Waals surface area contributed by atoms with Gasteiger partial charge in [-0.2, -0.15) is 11.8 Å². The van der Waals surface area contributed by atoms with Crippen molar-refractivity contribution in [3.8, 4) is 0 Å². The monoisotopic (exact) mass is 301 g/mol. The Bertz CT molecular complexity index is 483. The summed E-state index contributed by atoms with van der Waals surface area (Å²) in [4.78, 5) is 0.375. The molecule has 5 heteroatoms. The van der Waals surface area contributed by atoms with Crippen LogP contribution in [0.15, 0.2) is 29.2 Å². The zero-order valence-corrected chi connectivity index (χ0v) is 13.6. The van der Waals surface area contributed by atoms with Crippen LogP contribution in [0.3, 0.4) is 0 Å². The first-order chi connectivity index (χ1) is 8.88. The molecule has 0 fully saturated rings. The fourth-order valence-corrected chi connectivity index (χ4v) is 3.30. The van der Waals surface area contributed by atoms with E-state index in [4.69, 9.17) is 0 Å². The molecule has 0 radical (unpaired) electrons. The Labute approximate surface area is 121 Å². The molecule has 2 atom stereocenters. The SMILES string of the molecule is CCC(CSC)NC(C)c1ccc(S(C)(=O)=O)cc1. The number of hydrogen-bond donors (Lipinski definition) is 1. The lowest BCUT2D eigenvalue weighted by Crippen LogP contribution is -2.32. The lowest BCUT2D eigenvalue weighted by molar-refractivity contribution is 0.474. The largest absolute Gasteiger partial charge is 0.307 e. The molecule has 1 aromatic carbocycles. The molecule has 0 spiro atoms. The van der Waals surface area contributed by atoms with Crippen molar-refractivity contribution in [3.63, 3.8) is 0 Å². The maximum Gasteiger partial charge on any atom is 0.175 e. The molecule has 0 saturated carbocycles. The first-order valence-corrected chi connectivity index (χ1v) is 9.72. The molecule has 2 unspecified atom stereocenters. The van der Waals surface area contributed by atoms with Gasteiger partial charge in [0.25, 0.3) is 0 Å². The van der Waals surface area contributed by atoms with Gasteiger partial charge in [-0.05, 0) is 37.3 Å². The molecule has 1 N–H and O–H groups in total. The predicted molar refractivity (Wildman–Crippen MR) is 83.6 cm³/mol. The predicted octanol–water partition coefficient (Wildman–Crippen LogP) is 2.88. The molecule has 1 aromatic rings. The highest BCUT2D eigenvalue weighted by Gasteiger charge is 2.12. The second kappa shape index (κ2) is 7.31. The lowest BCUT2D eigenvalue weighted by Gasteiger charge is -2.22. The summed E-state index contributed by atoms with van der Waals surface area (Å²) in [6, 6.07) is 7.85. The average molecular weight is 301 g/mol. The van der Waals surface area contributed by atoms with Gasteiger partial charge in [-0.3, -0.25) is 0 Å². The fraction of sp³-hybridized carbons (Fsp3) is 0.571. The Morgan fingerprint density at radius 1 is 1.26 bits per heavy atom. The van der Waals surface area contributed by atoms with Crippen molar-refractivity contribution in [2.75, 3.05) is 18.3 Å². The molecule has 0 heterocycles. The molecule has 0 aromatic heterocycles. The maximum atomic E-state index is 11.4. The fourth-order valence-electron chi connectivity index (χ4n) is 1.94. The standard InChI is InChI=1S/C14H23NO2S2/c1-5-13(10-18-3)15-11(2)12-6-8-14(9-7-12)19(4,16)17/h6-9,11,13,15H,5,10H2,1-4H3. The van der Waals surface area contributed by atoms with Crippen LogP contribution >= 0.6 is 11.8 Å². The quantitative estimate of drug-likeness (QED) is 0.841. The first-order valence-electron chi connectivity index (χ1n) is 6.43. The molecule has 0 bridgehead atoms. The van der Waals surface area contributed by atoms with Gasteiger partial charge in [0.05, 0.1) is 4.90 Å². The van der Waals surface area contributed by atoms with Crippen molar-refractivity contribution < 1.29 is 8.42 Å². The summed E-state index contributed by atoms with van der Waals surface area (Å²) in [6.45, 7) is 4.28. The summed E-state index contributed by atoms with van der Waals surface area (Å²) in [7, 11) is -3.11. The van der Waals surface area contributed by atoms with Crippen LogP contribution in [0.2, 0.25) is 0 Å². The highest BCUT2D eigenvalue weighted by atomic mass is 32.2. The van der Waals surface area contributed by atoms with Crippen molar-refractivity contribution >= 4 is 21.6 Å². The Hall–Kier alpha value is -0.520. The third-order valence-electron chi connectivity index (χ3n) is 3.15. The number of thioether (sulfide) groups is 1. The van der Waals surface area contributed by atoms with E-state index in [1.165, 1.54) is 6.26 Å². The van der Waals surface area contributed by atoms with Gasteiger partial charge in [-0.15, -0.1) is 0 Å². The Balaban J connectivity index is 2.75. The smallest absolute Gasteiger partial charge is 0.175 e. The Kier molecular flexibility index (Phi) is 6.36. The maximum absolute atomic E-state index is 11.4. The van der Waals surface area contributed by atoms with Crippen LogP contribution < -0.4 is 5.32 Å². The molecule has 108 valence electrons. The zero-order valence-electron chi connectivity index (χ0n) is 12.0. The molecule has 0 aliphatic rings. The number of sulfone groups is 1. The van der Waals surface area contributed by atoms with Gasteiger partial charge in [-0.1, -0.05) is 19.1 Å². The van der Waals surface area contributed by atoms with E-state index in [9.17, 15) is 8.42 Å². The molecule has 19 heavy (non-hydrogen) atoms. The number of benzene rings is 1. The second-order valence-corrected chi connectivity index (χ2v) is 7.72. The minimum Gasteiger partial charge on any atom is -0.307 e. The normalized spacial score (nSPS) is 15.2. The molecule has 1 rings (SSSR count). The van der Waals surface area contributed by atoms with Gasteiger partial charge < -0.3 is 5.32 Å². The van der Waals surface area contributed by atoms with Crippen molar-refractivity contribution in [1.29, 1.82) is 0 Å². The summed E-state index contributed by atoms with van der Waals surface area (Å²) in [6.07, 6.45) is 4.43. The second-order valence-electron chi connectivity index (χ2n) is 4.79. The minimum absolute atomic E-state index is 0.228. The number of nitrogens with one attached hydrogen (secondary N) is 1. The topological polar surface area (TPSA) is 46.2 Å². The van der Waals surface area contributed by atoms with E-state index in [0.717, 1.165) is 17.7 Å². The molecule has 0 saturated heterocycles. The van der Waals surface area contributed by atoms with E-state index in [1.807, 2.05) is 23.9 Å². The Morgan fingerprint density at radius 2 is 1.84 bits per heavy atom. The van der Waals surface area contributed by atoms with Gasteiger partial charge >= 0.3 is 0 Å². The Morgan fingerprint density at radius 3 is 2.26 bits per heavy atom. The summed E-state index contributed by atoms with van der Waals surface area (Å²) in [5.41, 5.74) is 1.12. The van der Waals surface area contributed by atoms with Crippen molar-refractivity contribution in [3.05, 3.63) is 29.8 Å². The van der Waals surface area contributed by atoms with Crippen LogP contribution in [0.4, 0.5) is 0 Å². The lowest BCUT2D eigenvalue weighted by atomic mass is 10.1. The van der Waals surface area contributed by atoms with Gasteiger partial charge in [-0.25, -0.2) is 8.42 Å². The van der Waals surface area contributed by atoms with Crippen LogP contribution in [0.25, 0.3) is 0 Å². The molecular formula is C14H23NO2S2. The summed E-state index contributed by atoms with van der Waals surface area (Å²) in [5.74, 6) is 1.09. The first kappa shape index (κ1) is 16.5. The van der Waals surface area contributed by atoms with Crippen molar-refractivity contribution in [1.82, 2.24) is 5.32 Å². The van der Waals surface area contributed by atoms with Crippen molar-refractivity contribution in [2.24, 2.45) is 0 Å². The highest BCUT2D eigenvalue weighted by molar-refractivity contribution is 7.98. The number of hydrogen-bond acceptors (Lipinski definition) is 4. The van der Waals surface area contributed by atoms with Gasteiger partial charge in [0.1, 0.15) is 0 Å². The van der Waals surface area contributed by atoms with E-state index in [2.05, 4.69) is 25.4 Å². The van der Waals surface area contributed by atoms with Gasteiger partial charge in [0.15, 0.2) is 9.84 Å². The van der Waals surface area contributed by atoms with Crippen LogP contribution in [-0.2, 0) is 9.84 Å². The van der Waals surface area contributed by atoms with Crippen LogP contribution in [0.5, 0.6) is 0 Å². The zero-order chi connectivity index (χ0) is 14.5. The molecule has 0 aliphatic carbocycles. The van der Waals surface area contributed by atoms with Crippen LogP contribution in [-0.4, -0.2) is 32.7 Å². The highest BCUT2D eigenvalue weighted by Crippen LogP contribution is 2.17. The number of rotatable bonds is 7. The van der Waals surface area contributed by atoms with E-state index in [-0.39, 0.29) is 6.04 Å². The van der Waals surface area contributed by atoms with E-state index in [1.54, 1.807) is 12.1 Å². The van der Waals surface area contributed by atoms with Crippen LogP contribution in [0, 0.1) is 0 Å². The third-order valence-corrected chi connectivity index (χ3v) is 5.02. The summed E-state index contributed by atoms with van der Waals surface area (Å²) in [5, 5.41) is 3.57. The summed E-state index contributed by atoms with van der Waals surface area (Å²) >= 11 is 1.84. The van der Waals surface area contributed by atoms with Gasteiger partial charge in [0.2, 0.25) is 0 Å². The molecular weight excluding hydrogens is 278 g/mol. The van der Waals surface area contributed by atoms with Gasteiger partial charge in [0, 0.05) is 24.1 Å². The third kappa shape index (κ3) is 5.16. The minimum atomic E-state index is -3.11. The van der Waals surface area contributed by atoms with E-state index in [0.29, 0.717) is 10.9 Å². The molecule has 3 nitrogen and oxygen atoms in total. The molecule has 0 amide bonds. The average Bonchev–Trinajstić information content (AvgIpc) is 2.37.